The highest BCUT2D eigenvalue weighted by Crippen LogP contribution is 2.15. The fraction of sp³-hybridized carbons (Fsp3) is 0.333. The van der Waals surface area contributed by atoms with Gasteiger partial charge in [-0.1, -0.05) is 0 Å². The molecule has 0 aliphatic carbocycles. The molecule has 1 aromatic carbocycles. The third kappa shape index (κ3) is 5.03. The molecule has 148 valence electrons. The summed E-state index contributed by atoms with van der Waals surface area (Å²) in [5.74, 6) is -1.54. The zero-order valence-corrected chi connectivity index (χ0v) is 16.1. The summed E-state index contributed by atoms with van der Waals surface area (Å²) in [6.45, 7) is 1.25. The van der Waals surface area contributed by atoms with Crippen LogP contribution >= 0.6 is 11.3 Å². The normalized spacial score (nSPS) is 13.7. The molecule has 1 saturated heterocycles. The fourth-order valence-corrected chi connectivity index (χ4v) is 3.38. The Hall–Kier alpha value is -3.01. The number of rotatable bonds is 7. The van der Waals surface area contributed by atoms with E-state index in [0.29, 0.717) is 26.1 Å². The number of likely N-dealkylation sites (N-methyl/N-ethyl adjacent to an activating group) is 1. The van der Waals surface area contributed by atoms with Gasteiger partial charge in [0, 0.05) is 49.7 Å². The van der Waals surface area contributed by atoms with Gasteiger partial charge in [-0.2, -0.15) is 0 Å². The molecule has 0 saturated carbocycles. The van der Waals surface area contributed by atoms with Crippen molar-refractivity contribution in [3.05, 3.63) is 46.2 Å². The Morgan fingerprint density at radius 3 is 2.79 bits per heavy atom. The van der Waals surface area contributed by atoms with E-state index in [4.69, 9.17) is 0 Å². The summed E-state index contributed by atoms with van der Waals surface area (Å²) in [5, 5.41) is 7.13. The van der Waals surface area contributed by atoms with E-state index in [9.17, 15) is 18.8 Å². The molecule has 0 atom stereocenters. The molecule has 2 N–H and O–H groups in total. The second-order valence-electron chi connectivity index (χ2n) is 6.39. The first kappa shape index (κ1) is 19.7. The first-order valence-corrected chi connectivity index (χ1v) is 9.62. The van der Waals surface area contributed by atoms with Crippen LogP contribution in [0.4, 0.5) is 14.9 Å². The molecule has 4 amide bonds. The van der Waals surface area contributed by atoms with Crippen molar-refractivity contribution in [3.8, 4) is 0 Å². The number of hydrogen-bond acceptors (Lipinski definition) is 5. The molecule has 10 heteroatoms. The zero-order chi connectivity index (χ0) is 20.1. The molecule has 2 heterocycles. The smallest absolute Gasteiger partial charge is 0.320 e. The number of nitrogens with zero attached hydrogens (tertiary/aromatic N) is 3. The summed E-state index contributed by atoms with van der Waals surface area (Å²) in [4.78, 5) is 43.3. The standard InChI is InChI=1S/C18H20FN5O3S/c1-23-4-5-24(18(23)27)9-16(25)22-15-7-12(6-13(19)8-15)17(26)20-3-2-14-10-28-11-21-14/h6-8,10-11H,2-5,9H2,1H3,(H,20,26)(H,22,25). The van der Waals surface area contributed by atoms with Crippen LogP contribution in [-0.2, 0) is 11.2 Å². The van der Waals surface area contributed by atoms with Crippen LogP contribution in [0.25, 0.3) is 0 Å². The van der Waals surface area contributed by atoms with Gasteiger partial charge in [-0.3, -0.25) is 9.59 Å². The number of thiazole rings is 1. The molecule has 8 nitrogen and oxygen atoms in total. The SMILES string of the molecule is CN1CCN(CC(=O)Nc2cc(F)cc(C(=O)NCCc3cscn3)c2)C1=O. The van der Waals surface area contributed by atoms with Crippen LogP contribution in [0.1, 0.15) is 16.1 Å². The average molecular weight is 405 g/mol. The third-order valence-electron chi connectivity index (χ3n) is 4.23. The van der Waals surface area contributed by atoms with E-state index in [-0.39, 0.29) is 23.8 Å². The minimum absolute atomic E-state index is 0.102. The van der Waals surface area contributed by atoms with Crippen LogP contribution in [0.2, 0.25) is 0 Å². The minimum Gasteiger partial charge on any atom is -0.352 e. The van der Waals surface area contributed by atoms with Gasteiger partial charge in [-0.25, -0.2) is 14.2 Å². The molecule has 0 unspecified atom stereocenters. The number of amides is 4. The van der Waals surface area contributed by atoms with Crippen molar-refractivity contribution in [1.82, 2.24) is 20.1 Å². The van der Waals surface area contributed by atoms with Gasteiger partial charge >= 0.3 is 6.03 Å². The molecule has 2 aromatic rings. The lowest BCUT2D eigenvalue weighted by atomic mass is 10.1. The van der Waals surface area contributed by atoms with Gasteiger partial charge in [0.1, 0.15) is 12.4 Å². The molecule has 0 bridgehead atoms. The molecular formula is C18H20FN5O3S. The monoisotopic (exact) mass is 405 g/mol. The van der Waals surface area contributed by atoms with Crippen LogP contribution in [-0.4, -0.2) is 65.9 Å². The number of nitrogens with one attached hydrogen (secondary N) is 2. The van der Waals surface area contributed by atoms with Crippen molar-refractivity contribution in [3.63, 3.8) is 0 Å². The van der Waals surface area contributed by atoms with E-state index >= 15 is 0 Å². The molecule has 0 spiro atoms. The van der Waals surface area contributed by atoms with Crippen molar-refractivity contribution in [2.45, 2.75) is 6.42 Å². The highest BCUT2D eigenvalue weighted by Gasteiger charge is 2.26. The maximum Gasteiger partial charge on any atom is 0.320 e. The van der Waals surface area contributed by atoms with E-state index in [1.54, 1.807) is 12.6 Å². The average Bonchev–Trinajstić information content (AvgIpc) is 3.27. The first-order valence-electron chi connectivity index (χ1n) is 8.68. The number of benzene rings is 1. The Morgan fingerprint density at radius 2 is 2.11 bits per heavy atom. The van der Waals surface area contributed by atoms with E-state index in [0.717, 1.165) is 17.8 Å². The van der Waals surface area contributed by atoms with Gasteiger partial charge < -0.3 is 20.4 Å². The quantitative estimate of drug-likeness (QED) is 0.731. The van der Waals surface area contributed by atoms with Crippen molar-refractivity contribution in [2.24, 2.45) is 0 Å². The maximum absolute atomic E-state index is 13.9. The molecule has 0 radical (unpaired) electrons. The number of carbonyl (C=O) groups is 3. The Morgan fingerprint density at radius 1 is 1.29 bits per heavy atom. The summed E-state index contributed by atoms with van der Waals surface area (Å²) >= 11 is 1.48. The maximum atomic E-state index is 13.9. The van der Waals surface area contributed by atoms with Gasteiger partial charge in [0.05, 0.1) is 11.2 Å². The lowest BCUT2D eigenvalue weighted by molar-refractivity contribution is -0.116. The number of carbonyl (C=O) groups excluding carboxylic acids is 3. The summed E-state index contributed by atoms with van der Waals surface area (Å²) in [7, 11) is 1.66. The first-order chi connectivity index (χ1) is 13.4. The van der Waals surface area contributed by atoms with Crippen LogP contribution in [0, 0.1) is 5.82 Å². The van der Waals surface area contributed by atoms with Crippen LogP contribution in [0.3, 0.4) is 0 Å². The summed E-state index contributed by atoms with van der Waals surface area (Å²) in [6.07, 6.45) is 0.576. The third-order valence-corrected chi connectivity index (χ3v) is 4.87. The molecule has 3 rings (SSSR count). The van der Waals surface area contributed by atoms with Gasteiger partial charge in [0.15, 0.2) is 0 Å². The molecule has 1 aromatic heterocycles. The molecule has 1 fully saturated rings. The van der Waals surface area contributed by atoms with E-state index in [1.807, 2.05) is 5.38 Å². The lowest BCUT2D eigenvalue weighted by Crippen LogP contribution is -2.36. The van der Waals surface area contributed by atoms with Crippen LogP contribution in [0.15, 0.2) is 29.1 Å². The van der Waals surface area contributed by atoms with Crippen molar-refractivity contribution in [2.75, 3.05) is 38.5 Å². The summed E-state index contributed by atoms with van der Waals surface area (Å²) < 4.78 is 13.9. The second kappa shape index (κ2) is 8.79. The summed E-state index contributed by atoms with van der Waals surface area (Å²) in [5.41, 5.74) is 2.85. The number of urea groups is 1. The Kier molecular flexibility index (Phi) is 6.19. The van der Waals surface area contributed by atoms with Gasteiger partial charge in [-0.05, 0) is 18.2 Å². The molecule has 1 aliphatic heterocycles. The molecule has 28 heavy (non-hydrogen) atoms. The molecular weight excluding hydrogens is 385 g/mol. The number of aromatic nitrogens is 1. The Bertz CT molecular complexity index is 874. The van der Waals surface area contributed by atoms with E-state index < -0.39 is 17.6 Å². The van der Waals surface area contributed by atoms with Crippen LogP contribution < -0.4 is 10.6 Å². The Balaban J connectivity index is 1.56. The highest BCUT2D eigenvalue weighted by molar-refractivity contribution is 7.07. The van der Waals surface area contributed by atoms with E-state index in [2.05, 4.69) is 15.6 Å². The van der Waals surface area contributed by atoms with Gasteiger partial charge in [-0.15, -0.1) is 11.3 Å². The van der Waals surface area contributed by atoms with Crippen molar-refractivity contribution in [1.29, 1.82) is 0 Å². The topological polar surface area (TPSA) is 94.6 Å². The Labute approximate surface area is 165 Å². The number of anilines is 1. The number of halogens is 1. The summed E-state index contributed by atoms with van der Waals surface area (Å²) in [6, 6.07) is 3.40. The van der Waals surface area contributed by atoms with E-state index in [1.165, 1.54) is 27.2 Å². The fourth-order valence-electron chi connectivity index (χ4n) is 2.78. The lowest BCUT2D eigenvalue weighted by Gasteiger charge is -2.15. The predicted octanol–water partition coefficient (Wildman–Crippen LogP) is 1.56. The minimum atomic E-state index is -0.639. The van der Waals surface area contributed by atoms with Crippen LogP contribution in [0.5, 0.6) is 0 Å². The van der Waals surface area contributed by atoms with Gasteiger partial charge in [0.25, 0.3) is 5.91 Å². The van der Waals surface area contributed by atoms with Crippen molar-refractivity contribution < 1.29 is 18.8 Å². The highest BCUT2D eigenvalue weighted by atomic mass is 32.1. The second-order valence-corrected chi connectivity index (χ2v) is 7.11. The predicted molar refractivity (Wildman–Crippen MR) is 103 cm³/mol. The number of hydrogen-bond donors (Lipinski definition) is 2. The zero-order valence-electron chi connectivity index (χ0n) is 15.3. The van der Waals surface area contributed by atoms with Gasteiger partial charge in [0.2, 0.25) is 5.91 Å². The van der Waals surface area contributed by atoms with Crippen molar-refractivity contribution >= 4 is 34.9 Å². The molecule has 1 aliphatic rings. The largest absolute Gasteiger partial charge is 0.352 e.